The number of ether oxygens (including phenoxy) is 1. The molecule has 6 heteroatoms. The SMILES string of the molecule is COCC(C)N(C)S(=O)(=O)c1cccc(C#CCO)c1. The first-order chi connectivity index (χ1) is 9.43. The fraction of sp³-hybridized carbons (Fsp3) is 0.429. The maximum atomic E-state index is 12.4. The van der Waals surface area contributed by atoms with Crippen LogP contribution in [-0.4, -0.2) is 51.2 Å². The van der Waals surface area contributed by atoms with Crippen LogP contribution in [0.15, 0.2) is 29.2 Å². The van der Waals surface area contributed by atoms with Gasteiger partial charge in [-0.1, -0.05) is 17.9 Å². The molecule has 1 unspecified atom stereocenters. The second kappa shape index (κ2) is 7.41. The third kappa shape index (κ3) is 4.05. The molecule has 1 aromatic carbocycles. The predicted molar refractivity (Wildman–Crippen MR) is 76.7 cm³/mol. The summed E-state index contributed by atoms with van der Waals surface area (Å²) < 4.78 is 31.1. The third-order valence-electron chi connectivity index (χ3n) is 2.85. The van der Waals surface area contributed by atoms with E-state index < -0.39 is 10.0 Å². The van der Waals surface area contributed by atoms with Crippen molar-refractivity contribution in [3.63, 3.8) is 0 Å². The Hall–Kier alpha value is -1.39. The standard InChI is InChI=1S/C14H19NO4S/c1-12(11-19-3)15(2)20(17,18)14-8-4-6-13(10-14)7-5-9-16/h4,6,8,10,12,16H,9,11H2,1-3H3. The topological polar surface area (TPSA) is 66.8 Å². The molecule has 20 heavy (non-hydrogen) atoms. The molecule has 0 aliphatic carbocycles. The van der Waals surface area contributed by atoms with Crippen LogP contribution in [-0.2, 0) is 14.8 Å². The zero-order chi connectivity index (χ0) is 15.2. The zero-order valence-corrected chi connectivity index (χ0v) is 12.6. The largest absolute Gasteiger partial charge is 0.384 e. The second-order valence-corrected chi connectivity index (χ2v) is 6.31. The minimum absolute atomic E-state index is 0.174. The quantitative estimate of drug-likeness (QED) is 0.812. The molecular formula is C14H19NO4S. The highest BCUT2D eigenvalue weighted by atomic mass is 32.2. The monoisotopic (exact) mass is 297 g/mol. The van der Waals surface area contributed by atoms with Crippen molar-refractivity contribution in [2.45, 2.75) is 17.9 Å². The van der Waals surface area contributed by atoms with Gasteiger partial charge in [0.05, 0.1) is 11.5 Å². The van der Waals surface area contributed by atoms with Crippen molar-refractivity contribution in [1.29, 1.82) is 0 Å². The highest BCUT2D eigenvalue weighted by molar-refractivity contribution is 7.89. The van der Waals surface area contributed by atoms with Gasteiger partial charge in [-0.15, -0.1) is 0 Å². The molecule has 0 saturated heterocycles. The predicted octanol–water partition coefficient (Wildman–Crippen LogP) is 0.686. The Balaban J connectivity index is 3.09. The van der Waals surface area contributed by atoms with E-state index in [1.54, 1.807) is 19.1 Å². The van der Waals surface area contributed by atoms with Crippen LogP contribution in [0.4, 0.5) is 0 Å². The highest BCUT2D eigenvalue weighted by Crippen LogP contribution is 2.17. The Labute approximate surface area is 120 Å². The van der Waals surface area contributed by atoms with E-state index in [1.807, 2.05) is 0 Å². The Kier molecular flexibility index (Phi) is 6.17. The van der Waals surface area contributed by atoms with Gasteiger partial charge in [0.2, 0.25) is 10.0 Å². The second-order valence-electron chi connectivity index (χ2n) is 4.31. The lowest BCUT2D eigenvalue weighted by Crippen LogP contribution is -2.37. The molecule has 0 aliphatic rings. The van der Waals surface area contributed by atoms with Crippen LogP contribution in [0.2, 0.25) is 0 Å². The number of hydrogen-bond acceptors (Lipinski definition) is 4. The molecule has 0 bridgehead atoms. The van der Waals surface area contributed by atoms with Gasteiger partial charge in [-0.25, -0.2) is 8.42 Å². The van der Waals surface area contributed by atoms with E-state index in [9.17, 15) is 8.42 Å². The molecule has 1 aromatic rings. The van der Waals surface area contributed by atoms with E-state index in [0.29, 0.717) is 12.2 Å². The van der Waals surface area contributed by atoms with E-state index in [1.165, 1.54) is 30.6 Å². The lowest BCUT2D eigenvalue weighted by atomic mass is 10.2. The number of benzene rings is 1. The molecule has 1 N–H and O–H groups in total. The van der Waals surface area contributed by atoms with Gasteiger partial charge in [0, 0.05) is 25.8 Å². The molecule has 5 nitrogen and oxygen atoms in total. The summed E-state index contributed by atoms with van der Waals surface area (Å²) in [6.45, 7) is 1.83. The molecule has 0 saturated carbocycles. The number of methoxy groups -OCH3 is 1. The number of rotatable bonds is 5. The van der Waals surface area contributed by atoms with Gasteiger partial charge < -0.3 is 9.84 Å². The van der Waals surface area contributed by atoms with E-state index in [0.717, 1.165) is 0 Å². The van der Waals surface area contributed by atoms with Crippen molar-refractivity contribution < 1.29 is 18.3 Å². The summed E-state index contributed by atoms with van der Waals surface area (Å²) in [5, 5.41) is 8.66. The Morgan fingerprint density at radius 2 is 2.15 bits per heavy atom. The summed E-state index contributed by atoms with van der Waals surface area (Å²) in [5.41, 5.74) is 0.549. The van der Waals surface area contributed by atoms with Gasteiger partial charge in [-0.05, 0) is 25.1 Å². The van der Waals surface area contributed by atoms with Crippen molar-refractivity contribution in [1.82, 2.24) is 4.31 Å². The van der Waals surface area contributed by atoms with E-state index >= 15 is 0 Å². The van der Waals surface area contributed by atoms with E-state index in [-0.39, 0.29) is 17.5 Å². The minimum Gasteiger partial charge on any atom is -0.384 e. The molecule has 0 heterocycles. The summed E-state index contributed by atoms with van der Waals surface area (Å²) in [5.74, 6) is 5.19. The van der Waals surface area contributed by atoms with Gasteiger partial charge in [0.15, 0.2) is 0 Å². The number of aliphatic hydroxyl groups excluding tert-OH is 1. The molecule has 1 atom stereocenters. The highest BCUT2D eigenvalue weighted by Gasteiger charge is 2.25. The molecular weight excluding hydrogens is 278 g/mol. The van der Waals surface area contributed by atoms with Crippen molar-refractivity contribution in [3.05, 3.63) is 29.8 Å². The first-order valence-corrected chi connectivity index (χ1v) is 7.54. The van der Waals surface area contributed by atoms with Crippen LogP contribution in [0.25, 0.3) is 0 Å². The van der Waals surface area contributed by atoms with Gasteiger partial charge in [-0.3, -0.25) is 0 Å². The Bertz CT molecular complexity index is 601. The number of aliphatic hydroxyl groups is 1. The molecule has 0 radical (unpaired) electrons. The van der Waals surface area contributed by atoms with Gasteiger partial charge >= 0.3 is 0 Å². The summed E-state index contributed by atoms with van der Waals surface area (Å²) in [7, 11) is -0.536. The molecule has 0 spiro atoms. The summed E-state index contributed by atoms with van der Waals surface area (Å²) in [6, 6.07) is 6.07. The van der Waals surface area contributed by atoms with E-state index in [4.69, 9.17) is 9.84 Å². The van der Waals surface area contributed by atoms with Crippen molar-refractivity contribution in [3.8, 4) is 11.8 Å². The van der Waals surface area contributed by atoms with Crippen LogP contribution in [0.5, 0.6) is 0 Å². The van der Waals surface area contributed by atoms with E-state index in [2.05, 4.69) is 11.8 Å². The van der Waals surface area contributed by atoms with Gasteiger partial charge in [-0.2, -0.15) is 4.31 Å². The molecule has 110 valence electrons. The first-order valence-electron chi connectivity index (χ1n) is 6.10. The van der Waals surface area contributed by atoms with Gasteiger partial charge in [0.1, 0.15) is 6.61 Å². The number of nitrogens with zero attached hydrogens (tertiary/aromatic N) is 1. The van der Waals surface area contributed by atoms with Crippen molar-refractivity contribution in [2.75, 3.05) is 27.4 Å². The van der Waals surface area contributed by atoms with Crippen LogP contribution < -0.4 is 0 Å². The summed E-state index contributed by atoms with van der Waals surface area (Å²) >= 11 is 0. The normalized spacial score (nSPS) is 12.8. The molecule has 1 rings (SSSR count). The fourth-order valence-electron chi connectivity index (χ4n) is 1.63. The average molecular weight is 297 g/mol. The minimum atomic E-state index is -3.58. The first kappa shape index (κ1) is 16.7. The smallest absolute Gasteiger partial charge is 0.243 e. The lowest BCUT2D eigenvalue weighted by Gasteiger charge is -2.23. The van der Waals surface area contributed by atoms with Crippen molar-refractivity contribution >= 4 is 10.0 Å². The molecule has 0 aliphatic heterocycles. The summed E-state index contributed by atoms with van der Waals surface area (Å²) in [6.07, 6.45) is 0. The molecule has 0 amide bonds. The lowest BCUT2D eigenvalue weighted by molar-refractivity contribution is 0.149. The molecule has 0 aromatic heterocycles. The van der Waals surface area contributed by atoms with Crippen LogP contribution in [0.3, 0.4) is 0 Å². The van der Waals surface area contributed by atoms with Crippen LogP contribution in [0, 0.1) is 11.8 Å². The number of hydrogen-bond donors (Lipinski definition) is 1. The van der Waals surface area contributed by atoms with Gasteiger partial charge in [0.25, 0.3) is 0 Å². The molecule has 0 fully saturated rings. The van der Waals surface area contributed by atoms with Crippen LogP contribution >= 0.6 is 0 Å². The summed E-state index contributed by atoms with van der Waals surface area (Å²) in [4.78, 5) is 0.174. The van der Waals surface area contributed by atoms with Crippen molar-refractivity contribution in [2.24, 2.45) is 0 Å². The fourth-order valence-corrected chi connectivity index (χ4v) is 3.02. The maximum absolute atomic E-state index is 12.4. The maximum Gasteiger partial charge on any atom is 0.243 e. The Morgan fingerprint density at radius 3 is 2.75 bits per heavy atom. The average Bonchev–Trinajstić information content (AvgIpc) is 2.44. The Morgan fingerprint density at radius 1 is 1.45 bits per heavy atom. The number of sulfonamides is 1. The zero-order valence-electron chi connectivity index (χ0n) is 11.8. The number of likely N-dealkylation sites (N-methyl/N-ethyl adjacent to an activating group) is 1. The third-order valence-corrected chi connectivity index (χ3v) is 4.82. The van der Waals surface area contributed by atoms with Crippen LogP contribution in [0.1, 0.15) is 12.5 Å².